The Morgan fingerprint density at radius 2 is 1.58 bits per heavy atom. The number of para-hydroxylation sites is 1. The van der Waals surface area contributed by atoms with E-state index in [9.17, 15) is 39.9 Å². The van der Waals surface area contributed by atoms with Crippen molar-refractivity contribution in [1.29, 1.82) is 0 Å². The lowest BCUT2D eigenvalue weighted by Crippen LogP contribution is -2.70. The molecule has 3 heterocycles. The SMILES string of the molecule is N[C@H]1NC(=O)[C@H]2NCN(c3ccccc3Cc3cc4c(c(O)c3O[C@H]3O[C@@H](C5(O)CCCCC5)[C@H](O)[C@@H](O)[C@@H]3O)C(=O)c3ccccc3C4=O)[C@@H]2N1. The number of benzene rings is 3. The molecule has 3 saturated heterocycles. The van der Waals surface area contributed by atoms with E-state index in [0.717, 1.165) is 6.42 Å². The fourth-order valence-electron chi connectivity index (χ4n) is 8.35. The van der Waals surface area contributed by atoms with Crippen molar-refractivity contribution in [2.45, 2.75) is 93.3 Å². The Morgan fingerprint density at radius 1 is 0.885 bits per heavy atom. The number of carbonyl (C=O) groups excluding carboxylic acids is 3. The summed E-state index contributed by atoms with van der Waals surface area (Å²) in [7, 11) is 0. The number of anilines is 1. The van der Waals surface area contributed by atoms with Gasteiger partial charge in [0.15, 0.2) is 23.1 Å². The van der Waals surface area contributed by atoms with E-state index in [1.807, 2.05) is 23.1 Å². The van der Waals surface area contributed by atoms with Crippen molar-refractivity contribution < 1.29 is 49.4 Å². The summed E-state index contributed by atoms with van der Waals surface area (Å²) in [6.45, 7) is 0.286. The third-order valence-corrected chi connectivity index (χ3v) is 11.0. The maximum Gasteiger partial charge on any atom is 0.242 e. The number of carbonyl (C=O) groups is 3. The zero-order chi connectivity index (χ0) is 36.5. The maximum absolute atomic E-state index is 13.9. The predicted octanol–water partition coefficient (Wildman–Crippen LogP) is -0.336. The Morgan fingerprint density at radius 3 is 2.33 bits per heavy atom. The summed E-state index contributed by atoms with van der Waals surface area (Å²) in [6.07, 6.45) is -6.76. The predicted molar refractivity (Wildman–Crippen MR) is 183 cm³/mol. The molecule has 0 bridgehead atoms. The van der Waals surface area contributed by atoms with Crippen molar-refractivity contribution in [3.8, 4) is 11.5 Å². The van der Waals surface area contributed by atoms with Crippen LogP contribution in [0.1, 0.15) is 75.1 Å². The second-order valence-electron chi connectivity index (χ2n) is 14.2. The van der Waals surface area contributed by atoms with E-state index in [1.54, 1.807) is 24.3 Å². The van der Waals surface area contributed by atoms with Crippen molar-refractivity contribution >= 4 is 23.2 Å². The summed E-state index contributed by atoms with van der Waals surface area (Å²) >= 11 is 0. The summed E-state index contributed by atoms with van der Waals surface area (Å²) in [6, 6.07) is 14.5. The van der Waals surface area contributed by atoms with Gasteiger partial charge < -0.3 is 45.2 Å². The molecule has 0 unspecified atom stereocenters. The lowest BCUT2D eigenvalue weighted by Gasteiger charge is -2.48. The number of rotatable bonds is 6. The number of amides is 1. The molecule has 15 nitrogen and oxygen atoms in total. The minimum atomic E-state index is -1.83. The first-order chi connectivity index (χ1) is 25.0. The Bertz CT molecular complexity index is 1930. The van der Waals surface area contributed by atoms with Crippen LogP contribution in [0.4, 0.5) is 5.69 Å². The van der Waals surface area contributed by atoms with Gasteiger partial charge in [0.05, 0.1) is 17.8 Å². The molecule has 0 radical (unpaired) electrons. The van der Waals surface area contributed by atoms with Crippen LogP contribution in [-0.2, 0) is 16.0 Å². The van der Waals surface area contributed by atoms with Gasteiger partial charge in [0.1, 0.15) is 42.9 Å². The zero-order valence-electron chi connectivity index (χ0n) is 28.1. The first kappa shape index (κ1) is 34.6. The molecule has 1 saturated carbocycles. The molecular formula is C37H41N5O10. The molecule has 8 rings (SSSR count). The smallest absolute Gasteiger partial charge is 0.242 e. The first-order valence-electron chi connectivity index (χ1n) is 17.5. The standard InChI is InChI=1S/C37H41N5O10/c38-36-40-33-24(34(49)41-36)39-16-42(33)22-11-5-2-8-17(22)14-18-15-21-23(26(44)20-10-4-3-9-19(20)25(21)43)27(45)31(18)51-35-30(48)28(46)29(47)32(52-35)37(50)12-6-1-7-13-37/h2-5,8-11,15,24,28-30,32-33,35-36,39-40,45-48,50H,1,6-7,12-14,16,38H2,(H,41,49)/t24-,28+,29+,30-,32+,33-,35-,36+/m0/s1. The monoisotopic (exact) mass is 715 g/mol. The lowest BCUT2D eigenvalue weighted by molar-refractivity contribution is -0.308. The number of phenolic OH excluding ortho intramolecular Hbond substituents is 1. The molecule has 8 atom stereocenters. The third-order valence-electron chi connectivity index (χ3n) is 11.0. The van der Waals surface area contributed by atoms with Crippen LogP contribution in [0.15, 0.2) is 54.6 Å². The molecule has 10 N–H and O–H groups in total. The molecule has 3 aliphatic heterocycles. The van der Waals surface area contributed by atoms with Gasteiger partial charge in [-0.2, -0.15) is 0 Å². The van der Waals surface area contributed by atoms with Crippen molar-refractivity contribution in [2.75, 3.05) is 11.6 Å². The number of hydrogen-bond donors (Lipinski definition) is 9. The molecule has 274 valence electrons. The number of aliphatic hydroxyl groups is 4. The van der Waals surface area contributed by atoms with Crippen LogP contribution in [0.5, 0.6) is 11.5 Å². The Kier molecular flexibility index (Phi) is 8.79. The van der Waals surface area contributed by atoms with E-state index >= 15 is 0 Å². The third kappa shape index (κ3) is 5.64. The average Bonchev–Trinajstić information content (AvgIpc) is 3.56. The van der Waals surface area contributed by atoms with E-state index in [4.69, 9.17) is 15.2 Å². The van der Waals surface area contributed by atoms with Crippen LogP contribution in [-0.4, -0.2) is 104 Å². The van der Waals surface area contributed by atoms with E-state index in [1.165, 1.54) is 12.1 Å². The zero-order valence-corrected chi connectivity index (χ0v) is 28.1. The number of nitrogens with two attached hydrogens (primary N) is 1. The molecular weight excluding hydrogens is 674 g/mol. The maximum atomic E-state index is 13.9. The van der Waals surface area contributed by atoms with Gasteiger partial charge in [0.2, 0.25) is 12.2 Å². The molecule has 3 aromatic carbocycles. The summed E-state index contributed by atoms with van der Waals surface area (Å²) in [4.78, 5) is 42.3. The fraction of sp³-hybridized carbons (Fsp3) is 0.432. The van der Waals surface area contributed by atoms with Crippen molar-refractivity contribution in [2.24, 2.45) is 5.73 Å². The van der Waals surface area contributed by atoms with E-state index in [2.05, 4.69) is 16.0 Å². The highest BCUT2D eigenvalue weighted by molar-refractivity contribution is 6.29. The minimum Gasteiger partial charge on any atom is -0.504 e. The van der Waals surface area contributed by atoms with Gasteiger partial charge >= 0.3 is 0 Å². The molecule has 0 aromatic heterocycles. The van der Waals surface area contributed by atoms with E-state index in [0.29, 0.717) is 36.9 Å². The van der Waals surface area contributed by atoms with Crippen molar-refractivity contribution in [3.05, 3.63) is 88.0 Å². The minimum absolute atomic E-state index is 0.0168. The molecule has 2 aliphatic carbocycles. The Hall–Kier alpha value is -4.45. The number of aromatic hydroxyl groups is 1. The average molecular weight is 716 g/mol. The van der Waals surface area contributed by atoms with E-state index < -0.39 is 72.1 Å². The number of ketones is 2. The van der Waals surface area contributed by atoms with Gasteiger partial charge in [-0.05, 0) is 30.5 Å². The van der Waals surface area contributed by atoms with Crippen LogP contribution < -0.4 is 31.3 Å². The Labute approximate surface area is 298 Å². The van der Waals surface area contributed by atoms with Crippen molar-refractivity contribution in [1.82, 2.24) is 16.0 Å². The van der Waals surface area contributed by atoms with Gasteiger partial charge in [-0.3, -0.25) is 30.8 Å². The number of nitrogens with one attached hydrogen (secondary N) is 3. The molecule has 3 aromatic rings. The molecule has 0 spiro atoms. The van der Waals surface area contributed by atoms with Gasteiger partial charge in [0, 0.05) is 34.4 Å². The van der Waals surface area contributed by atoms with Crippen LogP contribution in [0.25, 0.3) is 0 Å². The highest BCUT2D eigenvalue weighted by atomic mass is 16.7. The highest BCUT2D eigenvalue weighted by Crippen LogP contribution is 2.45. The highest BCUT2D eigenvalue weighted by Gasteiger charge is 2.54. The van der Waals surface area contributed by atoms with Crippen LogP contribution in [0.2, 0.25) is 0 Å². The summed E-state index contributed by atoms with van der Waals surface area (Å²) in [5.74, 6) is -2.30. The number of aliphatic hydroxyl groups excluding tert-OH is 3. The topological polar surface area (TPSA) is 236 Å². The number of fused-ring (bicyclic) bond motifs is 3. The quantitative estimate of drug-likeness (QED) is 0.124. The summed E-state index contributed by atoms with van der Waals surface area (Å²) in [5, 5.41) is 65.5. The molecule has 52 heavy (non-hydrogen) atoms. The van der Waals surface area contributed by atoms with Gasteiger partial charge in [-0.25, -0.2) is 0 Å². The summed E-state index contributed by atoms with van der Waals surface area (Å²) < 4.78 is 12.3. The summed E-state index contributed by atoms with van der Waals surface area (Å²) in [5.41, 5.74) is 6.09. The number of ether oxygens (including phenoxy) is 2. The Balaban J connectivity index is 1.21. The van der Waals surface area contributed by atoms with Crippen LogP contribution in [0, 0.1) is 0 Å². The second kappa shape index (κ2) is 13.2. The number of phenols is 1. The largest absolute Gasteiger partial charge is 0.504 e. The molecule has 15 heteroatoms. The molecule has 4 fully saturated rings. The van der Waals surface area contributed by atoms with Crippen LogP contribution >= 0.6 is 0 Å². The molecule has 1 amide bonds. The number of hydrogen-bond acceptors (Lipinski definition) is 14. The normalized spacial score (nSPS) is 31.0. The second-order valence-corrected chi connectivity index (χ2v) is 14.2. The molecule has 5 aliphatic rings. The lowest BCUT2D eigenvalue weighted by atomic mass is 9.76. The fourth-order valence-corrected chi connectivity index (χ4v) is 8.35. The van der Waals surface area contributed by atoms with Crippen molar-refractivity contribution in [3.63, 3.8) is 0 Å². The van der Waals surface area contributed by atoms with E-state index in [-0.39, 0.29) is 52.6 Å². The number of nitrogens with zero attached hydrogens (tertiary/aromatic N) is 1. The van der Waals surface area contributed by atoms with Crippen LogP contribution in [0.3, 0.4) is 0 Å². The van der Waals surface area contributed by atoms with Gasteiger partial charge in [-0.1, -0.05) is 61.7 Å². The first-order valence-corrected chi connectivity index (χ1v) is 17.5. The van der Waals surface area contributed by atoms with Gasteiger partial charge in [-0.15, -0.1) is 0 Å². The van der Waals surface area contributed by atoms with Gasteiger partial charge in [0.25, 0.3) is 0 Å².